The third-order valence-corrected chi connectivity index (χ3v) is 7.73. The van der Waals surface area contributed by atoms with Crippen molar-refractivity contribution in [2.45, 2.75) is 37.9 Å². The number of likely N-dealkylation sites (tertiary alicyclic amines) is 1. The smallest absolute Gasteiger partial charge is 0.323 e. The molecule has 2 bridgehead atoms. The van der Waals surface area contributed by atoms with Gasteiger partial charge in [-0.2, -0.15) is 13.2 Å². The number of nitrogens with one attached hydrogen (secondary N) is 1. The van der Waals surface area contributed by atoms with Gasteiger partial charge in [0.25, 0.3) is 0 Å². The highest BCUT2D eigenvalue weighted by molar-refractivity contribution is 6.33. The molecule has 2 saturated carbocycles. The van der Waals surface area contributed by atoms with Crippen molar-refractivity contribution in [3.63, 3.8) is 0 Å². The number of carbonyl (C=O) groups excluding carboxylic acids is 3. The Morgan fingerprint density at radius 2 is 1.65 bits per heavy atom. The number of benzene rings is 2. The fourth-order valence-electron chi connectivity index (χ4n) is 5.89. The van der Waals surface area contributed by atoms with Crippen LogP contribution in [-0.2, 0) is 27.0 Å². The molecular weight excluding hydrogens is 469 g/mol. The minimum atomic E-state index is -4.62. The van der Waals surface area contributed by atoms with Crippen molar-refractivity contribution in [1.82, 2.24) is 4.90 Å². The molecule has 3 fully saturated rings. The average Bonchev–Trinajstić information content (AvgIpc) is 3.47. The van der Waals surface area contributed by atoms with Crippen LogP contribution in [-0.4, -0.2) is 28.7 Å². The lowest BCUT2D eigenvalue weighted by Crippen LogP contribution is -2.49. The molecule has 0 spiro atoms. The number of rotatable bonds is 5. The Kier molecular flexibility index (Phi) is 5.67. The molecule has 1 heterocycles. The Labute approximate surface area is 199 Å². The van der Waals surface area contributed by atoms with E-state index in [4.69, 9.17) is 11.6 Å². The summed E-state index contributed by atoms with van der Waals surface area (Å²) < 4.78 is 39.6. The molecule has 5 rings (SSSR count). The molecule has 5 nitrogen and oxygen atoms in total. The minimum Gasteiger partial charge on any atom is -0.323 e. The van der Waals surface area contributed by atoms with Crippen molar-refractivity contribution >= 4 is 35.0 Å². The normalized spacial score (nSPS) is 26.6. The number of alkyl halides is 3. The van der Waals surface area contributed by atoms with E-state index in [1.807, 2.05) is 0 Å². The fourth-order valence-corrected chi connectivity index (χ4v) is 6.06. The predicted molar refractivity (Wildman–Crippen MR) is 119 cm³/mol. The van der Waals surface area contributed by atoms with E-state index in [9.17, 15) is 27.6 Å². The van der Waals surface area contributed by atoms with Gasteiger partial charge in [-0.1, -0.05) is 41.9 Å². The van der Waals surface area contributed by atoms with Crippen LogP contribution in [0, 0.1) is 23.7 Å². The highest BCUT2D eigenvalue weighted by Gasteiger charge is 2.62. The molecule has 1 saturated heterocycles. The van der Waals surface area contributed by atoms with Crippen molar-refractivity contribution in [3.8, 4) is 0 Å². The first-order chi connectivity index (χ1) is 16.1. The highest BCUT2D eigenvalue weighted by Crippen LogP contribution is 2.56. The predicted octanol–water partition coefficient (Wildman–Crippen LogP) is 4.94. The molecule has 0 unspecified atom stereocenters. The van der Waals surface area contributed by atoms with Gasteiger partial charge in [0, 0.05) is 6.42 Å². The van der Waals surface area contributed by atoms with Crippen LogP contribution in [0.25, 0.3) is 0 Å². The van der Waals surface area contributed by atoms with Crippen molar-refractivity contribution in [2.75, 3.05) is 5.32 Å². The van der Waals surface area contributed by atoms with Crippen LogP contribution in [0.2, 0.25) is 5.02 Å². The van der Waals surface area contributed by atoms with Crippen molar-refractivity contribution in [2.24, 2.45) is 23.7 Å². The Bertz CT molecular complexity index is 1130. The van der Waals surface area contributed by atoms with Gasteiger partial charge in [0.1, 0.15) is 6.04 Å². The van der Waals surface area contributed by atoms with Gasteiger partial charge in [0.2, 0.25) is 17.7 Å². The summed E-state index contributed by atoms with van der Waals surface area (Å²) in [7, 11) is 0. The number of nitrogens with zero attached hydrogens (tertiary/aromatic N) is 1. The van der Waals surface area contributed by atoms with Crippen LogP contribution in [0.5, 0.6) is 0 Å². The number of fused-ring (bicyclic) bond motifs is 5. The summed E-state index contributed by atoms with van der Waals surface area (Å²) in [6.07, 6.45) is -1.92. The van der Waals surface area contributed by atoms with Gasteiger partial charge in [0.05, 0.1) is 28.1 Å². The van der Waals surface area contributed by atoms with Crippen LogP contribution >= 0.6 is 11.6 Å². The zero-order valence-electron chi connectivity index (χ0n) is 18.0. The molecule has 34 heavy (non-hydrogen) atoms. The summed E-state index contributed by atoms with van der Waals surface area (Å²) in [5.74, 6) is -1.98. The largest absolute Gasteiger partial charge is 0.416 e. The number of imide groups is 1. The van der Waals surface area contributed by atoms with E-state index in [1.54, 1.807) is 30.3 Å². The Balaban J connectivity index is 1.47. The molecule has 3 aliphatic rings. The number of halogens is 4. The standard InChI is InChI=1S/C25H22ClF3N2O3/c26-17-9-8-16(25(27,28)29)12-18(17)30-22(32)19(10-13-4-2-1-3-5-13)31-23(33)20-14-6-7-15(11-14)21(20)24(31)34/h1-5,8-9,12,14-15,19-21H,6-7,10-11H2,(H,30,32)/t14-,15+,19-,20-,21+/m0/s1. The first kappa shape index (κ1) is 22.9. The number of carbonyl (C=O) groups is 3. The summed E-state index contributed by atoms with van der Waals surface area (Å²) in [6, 6.07) is 10.3. The second-order valence-electron chi connectivity index (χ2n) is 9.32. The summed E-state index contributed by atoms with van der Waals surface area (Å²) in [4.78, 5) is 41.2. The van der Waals surface area contributed by atoms with Crippen LogP contribution < -0.4 is 5.32 Å². The van der Waals surface area contributed by atoms with Crippen LogP contribution in [0.1, 0.15) is 30.4 Å². The number of anilines is 1. The second kappa shape index (κ2) is 8.41. The Morgan fingerprint density at radius 3 is 2.24 bits per heavy atom. The van der Waals surface area contributed by atoms with Crippen molar-refractivity contribution in [1.29, 1.82) is 0 Å². The van der Waals surface area contributed by atoms with Crippen molar-refractivity contribution < 1.29 is 27.6 Å². The van der Waals surface area contributed by atoms with Gasteiger partial charge < -0.3 is 5.32 Å². The van der Waals surface area contributed by atoms with Crippen LogP contribution in [0.15, 0.2) is 48.5 Å². The van der Waals surface area contributed by atoms with Gasteiger partial charge >= 0.3 is 6.18 Å². The molecule has 1 aliphatic heterocycles. The van der Waals surface area contributed by atoms with Gasteiger partial charge in [-0.05, 0) is 54.9 Å². The molecule has 9 heteroatoms. The number of hydrogen-bond acceptors (Lipinski definition) is 3. The van der Waals surface area contributed by atoms with E-state index in [1.165, 1.54) is 0 Å². The maximum absolute atomic E-state index is 13.4. The quantitative estimate of drug-likeness (QED) is 0.604. The average molecular weight is 491 g/mol. The maximum Gasteiger partial charge on any atom is 0.416 e. The van der Waals surface area contributed by atoms with Gasteiger partial charge in [-0.25, -0.2) is 0 Å². The fraction of sp³-hybridized carbons (Fsp3) is 0.400. The zero-order chi connectivity index (χ0) is 24.2. The third-order valence-electron chi connectivity index (χ3n) is 7.40. The summed E-state index contributed by atoms with van der Waals surface area (Å²) in [5, 5.41) is 2.37. The Hall–Kier alpha value is -2.87. The summed E-state index contributed by atoms with van der Waals surface area (Å²) in [5.41, 5.74) is -0.469. The van der Waals surface area contributed by atoms with E-state index < -0.39 is 35.5 Å². The lowest BCUT2D eigenvalue weighted by atomic mass is 9.81. The SMILES string of the molecule is O=C(Nc1cc(C(F)(F)F)ccc1Cl)[C@H](Cc1ccccc1)N1C(=O)[C@@H]2[C@@H]3CC[C@@H](C3)[C@@H]2C1=O. The first-order valence-electron chi connectivity index (χ1n) is 11.2. The third kappa shape index (κ3) is 3.87. The van der Waals surface area contributed by atoms with E-state index in [-0.39, 0.29) is 40.8 Å². The number of amides is 3. The molecule has 178 valence electrons. The molecule has 1 N–H and O–H groups in total. The van der Waals surface area contributed by atoms with Gasteiger partial charge in [-0.15, -0.1) is 0 Å². The number of hydrogen-bond donors (Lipinski definition) is 1. The molecule has 3 amide bonds. The summed E-state index contributed by atoms with van der Waals surface area (Å²) in [6.45, 7) is 0. The lowest BCUT2D eigenvalue weighted by Gasteiger charge is -2.27. The molecule has 5 atom stereocenters. The summed E-state index contributed by atoms with van der Waals surface area (Å²) >= 11 is 6.07. The molecule has 2 aromatic carbocycles. The van der Waals surface area contributed by atoms with Gasteiger partial charge in [-0.3, -0.25) is 19.3 Å². The van der Waals surface area contributed by atoms with E-state index in [0.29, 0.717) is 0 Å². The first-order valence-corrected chi connectivity index (χ1v) is 11.6. The maximum atomic E-state index is 13.4. The van der Waals surface area contributed by atoms with Crippen LogP contribution in [0.3, 0.4) is 0 Å². The Morgan fingerprint density at radius 1 is 1.03 bits per heavy atom. The van der Waals surface area contributed by atoms with Gasteiger partial charge in [0.15, 0.2) is 0 Å². The van der Waals surface area contributed by atoms with E-state index in [2.05, 4.69) is 5.32 Å². The molecule has 0 radical (unpaired) electrons. The van der Waals surface area contributed by atoms with Crippen LogP contribution in [0.4, 0.5) is 18.9 Å². The molecule has 0 aromatic heterocycles. The monoisotopic (exact) mass is 490 g/mol. The highest BCUT2D eigenvalue weighted by atomic mass is 35.5. The zero-order valence-corrected chi connectivity index (χ0v) is 18.8. The molecule has 2 aromatic rings. The van der Waals surface area contributed by atoms with E-state index >= 15 is 0 Å². The van der Waals surface area contributed by atoms with Crippen molar-refractivity contribution in [3.05, 3.63) is 64.7 Å². The second-order valence-corrected chi connectivity index (χ2v) is 9.73. The topological polar surface area (TPSA) is 66.5 Å². The minimum absolute atomic E-state index is 0.0511. The lowest BCUT2D eigenvalue weighted by molar-refractivity contribution is -0.147. The molecule has 2 aliphatic carbocycles. The van der Waals surface area contributed by atoms with E-state index in [0.717, 1.165) is 47.9 Å². The molecular formula is C25H22ClF3N2O3.